The summed E-state index contributed by atoms with van der Waals surface area (Å²) in [7, 11) is 0. The first-order valence-electron chi connectivity index (χ1n) is 5.86. The Morgan fingerprint density at radius 2 is 2.17 bits per heavy atom. The molecule has 0 aromatic heterocycles. The first kappa shape index (κ1) is 13.7. The largest absolute Gasteiger partial charge is 0.481 e. The Kier molecular flexibility index (Phi) is 4.15. The van der Waals surface area contributed by atoms with Crippen LogP contribution in [0.15, 0.2) is 18.2 Å². The van der Waals surface area contributed by atoms with Crippen molar-refractivity contribution in [3.05, 3.63) is 33.8 Å². The van der Waals surface area contributed by atoms with Crippen LogP contribution in [0.2, 0.25) is 10.0 Å². The molecule has 5 heteroatoms. The molecule has 1 N–H and O–H groups in total. The lowest BCUT2D eigenvalue weighted by Crippen LogP contribution is -2.23. The highest BCUT2D eigenvalue weighted by Crippen LogP contribution is 2.27. The van der Waals surface area contributed by atoms with Crippen molar-refractivity contribution < 1.29 is 9.90 Å². The van der Waals surface area contributed by atoms with E-state index in [9.17, 15) is 4.79 Å². The van der Waals surface area contributed by atoms with Crippen molar-refractivity contribution in [2.45, 2.75) is 13.5 Å². The van der Waals surface area contributed by atoms with Crippen molar-refractivity contribution in [2.75, 3.05) is 13.1 Å². The van der Waals surface area contributed by atoms with Crippen LogP contribution in [0.4, 0.5) is 0 Å². The van der Waals surface area contributed by atoms with Crippen molar-refractivity contribution in [1.29, 1.82) is 0 Å². The maximum atomic E-state index is 11.1. The third kappa shape index (κ3) is 2.97. The molecule has 1 heterocycles. The van der Waals surface area contributed by atoms with Crippen LogP contribution in [0.3, 0.4) is 0 Å². The van der Waals surface area contributed by atoms with Crippen molar-refractivity contribution >= 4 is 29.2 Å². The second-order valence-electron chi connectivity index (χ2n) is 4.85. The van der Waals surface area contributed by atoms with E-state index in [1.165, 1.54) is 0 Å². The maximum Gasteiger partial charge on any atom is 0.308 e. The molecule has 0 amide bonds. The van der Waals surface area contributed by atoms with Gasteiger partial charge in [-0.2, -0.15) is 0 Å². The van der Waals surface area contributed by atoms with Crippen molar-refractivity contribution in [2.24, 2.45) is 11.8 Å². The van der Waals surface area contributed by atoms with E-state index < -0.39 is 5.97 Å². The number of aliphatic carboxylic acids is 1. The predicted octanol–water partition coefficient (Wildman–Crippen LogP) is 3.15. The SMILES string of the molecule is CC1CN(Cc2ccc(Cl)cc2Cl)CC1C(=O)O. The van der Waals surface area contributed by atoms with E-state index in [0.717, 1.165) is 12.1 Å². The summed E-state index contributed by atoms with van der Waals surface area (Å²) >= 11 is 12.0. The zero-order chi connectivity index (χ0) is 13.3. The van der Waals surface area contributed by atoms with Crippen LogP contribution in [0.5, 0.6) is 0 Å². The minimum atomic E-state index is -0.716. The van der Waals surface area contributed by atoms with Gasteiger partial charge in [0.05, 0.1) is 5.92 Å². The van der Waals surface area contributed by atoms with Crippen molar-refractivity contribution in [3.8, 4) is 0 Å². The van der Waals surface area contributed by atoms with Gasteiger partial charge in [0.25, 0.3) is 0 Å². The van der Waals surface area contributed by atoms with Gasteiger partial charge in [-0.3, -0.25) is 9.69 Å². The summed E-state index contributed by atoms with van der Waals surface area (Å²) in [6, 6.07) is 5.41. The summed E-state index contributed by atoms with van der Waals surface area (Å²) in [5.74, 6) is -0.822. The molecule has 0 aliphatic carbocycles. The molecular formula is C13H15Cl2NO2. The van der Waals surface area contributed by atoms with E-state index in [2.05, 4.69) is 4.90 Å². The number of likely N-dealkylation sites (tertiary alicyclic amines) is 1. The molecule has 1 aliphatic rings. The van der Waals surface area contributed by atoms with Gasteiger partial charge in [0.15, 0.2) is 0 Å². The average Bonchev–Trinajstić information content (AvgIpc) is 2.64. The van der Waals surface area contributed by atoms with Gasteiger partial charge in [-0.15, -0.1) is 0 Å². The third-order valence-corrected chi connectivity index (χ3v) is 4.00. The maximum absolute atomic E-state index is 11.1. The Labute approximate surface area is 116 Å². The lowest BCUT2D eigenvalue weighted by molar-refractivity contribution is -0.142. The lowest BCUT2D eigenvalue weighted by atomic mass is 9.99. The molecule has 2 unspecified atom stereocenters. The van der Waals surface area contributed by atoms with Crippen LogP contribution >= 0.6 is 23.2 Å². The van der Waals surface area contributed by atoms with Crippen LogP contribution in [-0.2, 0) is 11.3 Å². The quantitative estimate of drug-likeness (QED) is 0.929. The summed E-state index contributed by atoms with van der Waals surface area (Å²) < 4.78 is 0. The average molecular weight is 288 g/mol. The summed E-state index contributed by atoms with van der Waals surface area (Å²) in [5.41, 5.74) is 0.985. The molecule has 0 spiro atoms. The van der Waals surface area contributed by atoms with Crippen LogP contribution in [0.25, 0.3) is 0 Å². The van der Waals surface area contributed by atoms with E-state index in [1.54, 1.807) is 12.1 Å². The van der Waals surface area contributed by atoms with E-state index >= 15 is 0 Å². The number of rotatable bonds is 3. The molecule has 0 radical (unpaired) electrons. The highest BCUT2D eigenvalue weighted by atomic mass is 35.5. The Morgan fingerprint density at radius 3 is 2.72 bits per heavy atom. The zero-order valence-corrected chi connectivity index (χ0v) is 11.6. The fraction of sp³-hybridized carbons (Fsp3) is 0.462. The summed E-state index contributed by atoms with van der Waals surface area (Å²) in [6.45, 7) is 4.01. The predicted molar refractivity (Wildman–Crippen MR) is 72.0 cm³/mol. The van der Waals surface area contributed by atoms with E-state index in [0.29, 0.717) is 23.1 Å². The minimum absolute atomic E-state index is 0.175. The molecule has 18 heavy (non-hydrogen) atoms. The van der Waals surface area contributed by atoms with Crippen molar-refractivity contribution in [1.82, 2.24) is 4.90 Å². The van der Waals surface area contributed by atoms with Crippen LogP contribution < -0.4 is 0 Å². The number of carboxylic acid groups (broad SMARTS) is 1. The molecule has 0 saturated carbocycles. The summed E-state index contributed by atoms with van der Waals surface area (Å²) in [4.78, 5) is 13.2. The number of carboxylic acids is 1. The third-order valence-electron chi connectivity index (χ3n) is 3.41. The Morgan fingerprint density at radius 1 is 1.44 bits per heavy atom. The van der Waals surface area contributed by atoms with Gasteiger partial charge in [0.2, 0.25) is 0 Å². The Balaban J connectivity index is 2.05. The van der Waals surface area contributed by atoms with E-state index in [1.807, 2.05) is 13.0 Å². The second-order valence-corrected chi connectivity index (χ2v) is 5.70. The van der Waals surface area contributed by atoms with Crippen LogP contribution in [-0.4, -0.2) is 29.1 Å². The molecule has 0 bridgehead atoms. The molecule has 2 atom stereocenters. The Bertz CT molecular complexity index is 464. The van der Waals surface area contributed by atoms with Gasteiger partial charge in [-0.05, 0) is 23.6 Å². The van der Waals surface area contributed by atoms with Crippen molar-refractivity contribution in [3.63, 3.8) is 0 Å². The fourth-order valence-electron chi connectivity index (χ4n) is 2.41. The number of hydrogen-bond acceptors (Lipinski definition) is 2. The van der Waals surface area contributed by atoms with Gasteiger partial charge >= 0.3 is 5.97 Å². The summed E-state index contributed by atoms with van der Waals surface area (Å²) in [6.07, 6.45) is 0. The molecular weight excluding hydrogens is 273 g/mol. The lowest BCUT2D eigenvalue weighted by Gasteiger charge is -2.16. The van der Waals surface area contributed by atoms with Crippen LogP contribution in [0.1, 0.15) is 12.5 Å². The fourth-order valence-corrected chi connectivity index (χ4v) is 2.88. The summed E-state index contributed by atoms with van der Waals surface area (Å²) in [5, 5.41) is 10.3. The van der Waals surface area contributed by atoms with Crippen LogP contribution in [0, 0.1) is 11.8 Å². The molecule has 1 aromatic rings. The number of carbonyl (C=O) groups is 1. The van der Waals surface area contributed by atoms with E-state index in [-0.39, 0.29) is 11.8 Å². The highest BCUT2D eigenvalue weighted by Gasteiger charge is 2.34. The van der Waals surface area contributed by atoms with Gasteiger partial charge in [-0.25, -0.2) is 0 Å². The monoisotopic (exact) mass is 287 g/mol. The highest BCUT2D eigenvalue weighted by molar-refractivity contribution is 6.35. The van der Waals surface area contributed by atoms with Gasteiger partial charge in [0, 0.05) is 29.7 Å². The molecule has 1 fully saturated rings. The second kappa shape index (κ2) is 5.47. The number of nitrogens with zero attached hydrogens (tertiary/aromatic N) is 1. The molecule has 1 saturated heterocycles. The standard InChI is InChI=1S/C13H15Cl2NO2/c1-8-5-16(7-11(8)13(17)18)6-9-2-3-10(14)4-12(9)15/h2-4,8,11H,5-7H2,1H3,(H,17,18). The van der Waals surface area contributed by atoms with Gasteiger partial charge in [-0.1, -0.05) is 36.2 Å². The molecule has 3 nitrogen and oxygen atoms in total. The molecule has 1 aromatic carbocycles. The minimum Gasteiger partial charge on any atom is -0.481 e. The van der Waals surface area contributed by atoms with Gasteiger partial charge in [0.1, 0.15) is 0 Å². The molecule has 1 aliphatic heterocycles. The molecule has 2 rings (SSSR count). The van der Waals surface area contributed by atoms with E-state index in [4.69, 9.17) is 28.3 Å². The first-order chi connectivity index (χ1) is 8.47. The molecule has 98 valence electrons. The topological polar surface area (TPSA) is 40.5 Å². The number of hydrogen-bond donors (Lipinski definition) is 1. The number of benzene rings is 1. The van der Waals surface area contributed by atoms with Gasteiger partial charge < -0.3 is 5.11 Å². The smallest absolute Gasteiger partial charge is 0.308 e. The Hall–Kier alpha value is -0.770. The zero-order valence-electron chi connectivity index (χ0n) is 10.1. The number of halogens is 2. The first-order valence-corrected chi connectivity index (χ1v) is 6.62. The normalized spacial score (nSPS) is 24.4.